The third kappa shape index (κ3) is 4.87. The maximum absolute atomic E-state index is 13.5. The fraction of sp³-hybridized carbons (Fsp3) is 0.276. The molecule has 1 aliphatic heterocycles. The molecule has 0 unspecified atom stereocenters. The molecule has 5 rings (SSSR count). The van der Waals surface area contributed by atoms with Gasteiger partial charge in [0, 0.05) is 32.4 Å². The van der Waals surface area contributed by atoms with Crippen LogP contribution in [-0.2, 0) is 6.54 Å². The summed E-state index contributed by atoms with van der Waals surface area (Å²) in [5, 5.41) is 0.442. The van der Waals surface area contributed by atoms with Gasteiger partial charge in [-0.2, -0.15) is 0 Å². The molecule has 8 nitrogen and oxygen atoms in total. The Bertz CT molecular complexity index is 1490. The van der Waals surface area contributed by atoms with Gasteiger partial charge in [0.15, 0.2) is 0 Å². The average Bonchev–Trinajstić information content (AvgIpc) is 2.94. The molecule has 37 heavy (non-hydrogen) atoms. The van der Waals surface area contributed by atoms with Gasteiger partial charge in [-0.3, -0.25) is 14.6 Å². The minimum absolute atomic E-state index is 0.100. The van der Waals surface area contributed by atoms with Crippen molar-refractivity contribution in [3.8, 4) is 11.5 Å². The van der Waals surface area contributed by atoms with Gasteiger partial charge in [0.25, 0.3) is 11.5 Å². The summed E-state index contributed by atoms with van der Waals surface area (Å²) in [5.41, 5.74) is 3.51. The summed E-state index contributed by atoms with van der Waals surface area (Å²) in [6.07, 6.45) is 1.75. The van der Waals surface area contributed by atoms with Gasteiger partial charge in [0.2, 0.25) is 0 Å². The molecule has 0 saturated carbocycles. The average molecular weight is 499 g/mol. The molecule has 190 valence electrons. The van der Waals surface area contributed by atoms with Crippen molar-refractivity contribution < 1.29 is 14.3 Å². The number of piperazine rings is 1. The maximum Gasteiger partial charge on any atom is 0.260 e. The Morgan fingerprint density at radius 1 is 0.946 bits per heavy atom. The van der Waals surface area contributed by atoms with Crippen molar-refractivity contribution in [2.24, 2.45) is 0 Å². The van der Waals surface area contributed by atoms with Crippen molar-refractivity contribution in [2.75, 3.05) is 45.3 Å². The van der Waals surface area contributed by atoms with E-state index in [1.165, 1.54) is 0 Å². The number of hydrogen-bond acceptors (Lipinski definition) is 6. The molecule has 2 aromatic heterocycles. The van der Waals surface area contributed by atoms with Crippen molar-refractivity contribution in [1.29, 1.82) is 0 Å². The number of aryl methyl sites for hydroxylation is 1. The Labute approximate surface area is 215 Å². The van der Waals surface area contributed by atoms with Crippen LogP contribution in [0.5, 0.6) is 11.5 Å². The number of rotatable bonds is 6. The van der Waals surface area contributed by atoms with Crippen LogP contribution in [0.3, 0.4) is 0 Å². The van der Waals surface area contributed by atoms with E-state index in [0.29, 0.717) is 54.9 Å². The zero-order valence-corrected chi connectivity index (χ0v) is 21.3. The van der Waals surface area contributed by atoms with E-state index in [1.807, 2.05) is 66.4 Å². The van der Waals surface area contributed by atoms with Crippen molar-refractivity contribution in [2.45, 2.75) is 13.5 Å². The zero-order chi connectivity index (χ0) is 25.9. The van der Waals surface area contributed by atoms with E-state index in [1.54, 1.807) is 31.0 Å². The number of pyridine rings is 2. The van der Waals surface area contributed by atoms with Gasteiger partial charge in [-0.15, -0.1) is 0 Å². The Morgan fingerprint density at radius 2 is 1.68 bits per heavy atom. The predicted octanol–water partition coefficient (Wildman–Crippen LogP) is 3.73. The highest BCUT2D eigenvalue weighted by atomic mass is 16.5. The molecule has 1 amide bonds. The summed E-state index contributed by atoms with van der Waals surface area (Å²) in [7, 11) is 3.29. The summed E-state index contributed by atoms with van der Waals surface area (Å²) in [6.45, 7) is 4.78. The minimum Gasteiger partial charge on any atom is -0.497 e. The second-order valence-electron chi connectivity index (χ2n) is 9.10. The van der Waals surface area contributed by atoms with E-state index in [4.69, 9.17) is 9.47 Å². The molecule has 3 heterocycles. The number of nitrogens with zero attached hydrogens (tertiary/aromatic N) is 4. The molecular formula is C29H30N4O4. The van der Waals surface area contributed by atoms with Crippen LogP contribution in [-0.4, -0.2) is 60.8 Å². The summed E-state index contributed by atoms with van der Waals surface area (Å²) in [6, 6.07) is 19.1. The number of aromatic nitrogens is 2. The normalized spacial score (nSPS) is 13.6. The van der Waals surface area contributed by atoms with Crippen LogP contribution in [0, 0.1) is 6.92 Å². The molecule has 1 saturated heterocycles. The van der Waals surface area contributed by atoms with Gasteiger partial charge in [0.1, 0.15) is 11.5 Å². The lowest BCUT2D eigenvalue weighted by molar-refractivity contribution is 0.0745. The molecule has 1 aliphatic rings. The Kier molecular flexibility index (Phi) is 6.81. The molecule has 2 aromatic carbocycles. The molecule has 0 radical (unpaired) electrons. The van der Waals surface area contributed by atoms with E-state index >= 15 is 0 Å². The largest absolute Gasteiger partial charge is 0.497 e. The van der Waals surface area contributed by atoms with Gasteiger partial charge in [0.05, 0.1) is 48.6 Å². The smallest absolute Gasteiger partial charge is 0.260 e. The maximum atomic E-state index is 13.5. The first-order valence-electron chi connectivity index (χ1n) is 12.3. The third-order valence-corrected chi connectivity index (χ3v) is 6.88. The van der Waals surface area contributed by atoms with Gasteiger partial charge < -0.3 is 23.8 Å². The molecule has 1 fully saturated rings. The fourth-order valence-electron chi connectivity index (χ4n) is 4.79. The van der Waals surface area contributed by atoms with Crippen LogP contribution < -0.4 is 19.9 Å². The Morgan fingerprint density at radius 3 is 2.38 bits per heavy atom. The highest BCUT2D eigenvalue weighted by Gasteiger charge is 2.25. The molecule has 0 aliphatic carbocycles. The van der Waals surface area contributed by atoms with Crippen LogP contribution in [0.25, 0.3) is 10.9 Å². The number of amides is 1. The molecule has 0 N–H and O–H groups in total. The third-order valence-electron chi connectivity index (χ3n) is 6.88. The number of fused-ring (bicyclic) bond motifs is 1. The molecular weight excluding hydrogens is 468 g/mol. The van der Waals surface area contributed by atoms with Gasteiger partial charge >= 0.3 is 0 Å². The first-order chi connectivity index (χ1) is 18.0. The van der Waals surface area contributed by atoms with E-state index in [2.05, 4.69) is 9.88 Å². The fourth-order valence-corrected chi connectivity index (χ4v) is 4.79. The number of carbonyl (C=O) groups is 1. The van der Waals surface area contributed by atoms with Gasteiger partial charge in [-0.05, 0) is 48.9 Å². The van der Waals surface area contributed by atoms with Crippen LogP contribution in [0.2, 0.25) is 0 Å². The molecule has 0 bridgehead atoms. The SMILES string of the molecule is COc1ccc(Cn2ccc3nc(C)c(C(=O)N4CCN(c5ccccc5OC)CC4)cc3c2=O)cc1. The summed E-state index contributed by atoms with van der Waals surface area (Å²) in [5.74, 6) is 1.49. The number of hydrogen-bond donors (Lipinski definition) is 0. The van der Waals surface area contributed by atoms with Crippen LogP contribution in [0.1, 0.15) is 21.6 Å². The van der Waals surface area contributed by atoms with E-state index < -0.39 is 0 Å². The lowest BCUT2D eigenvalue weighted by Crippen LogP contribution is -2.49. The van der Waals surface area contributed by atoms with Crippen molar-refractivity contribution >= 4 is 22.5 Å². The Balaban J connectivity index is 1.37. The number of carbonyl (C=O) groups excluding carboxylic acids is 1. The van der Waals surface area contributed by atoms with Crippen LogP contribution >= 0.6 is 0 Å². The molecule has 4 aromatic rings. The second-order valence-corrected chi connectivity index (χ2v) is 9.10. The lowest BCUT2D eigenvalue weighted by atomic mass is 10.1. The first-order valence-corrected chi connectivity index (χ1v) is 12.3. The van der Waals surface area contributed by atoms with Crippen LogP contribution in [0.4, 0.5) is 5.69 Å². The second kappa shape index (κ2) is 10.3. The van der Waals surface area contributed by atoms with Crippen molar-refractivity contribution in [3.05, 3.63) is 94.0 Å². The number of ether oxygens (including phenoxy) is 2. The molecule has 0 atom stereocenters. The first kappa shape index (κ1) is 24.4. The highest BCUT2D eigenvalue weighted by molar-refractivity contribution is 5.98. The quantitative estimate of drug-likeness (QED) is 0.403. The summed E-state index contributed by atoms with van der Waals surface area (Å²) < 4.78 is 12.4. The van der Waals surface area contributed by atoms with Crippen molar-refractivity contribution in [1.82, 2.24) is 14.5 Å². The summed E-state index contributed by atoms with van der Waals surface area (Å²) in [4.78, 5) is 35.5. The standard InChI is InChI=1S/C29H30N4O4/c1-20-23(28(34)32-16-14-31(15-17-32)26-6-4-5-7-27(26)37-3)18-24-25(30-20)12-13-33(29(24)35)19-21-8-10-22(36-2)11-9-21/h4-13,18H,14-17,19H2,1-3H3. The number of methoxy groups -OCH3 is 2. The Hall–Kier alpha value is -4.33. The lowest BCUT2D eigenvalue weighted by Gasteiger charge is -2.36. The van der Waals surface area contributed by atoms with Gasteiger partial charge in [-0.25, -0.2) is 0 Å². The molecule has 8 heteroatoms. The van der Waals surface area contributed by atoms with Gasteiger partial charge in [-0.1, -0.05) is 24.3 Å². The van der Waals surface area contributed by atoms with E-state index in [9.17, 15) is 9.59 Å². The van der Waals surface area contributed by atoms with Crippen LogP contribution in [0.15, 0.2) is 71.7 Å². The minimum atomic E-state index is -0.171. The predicted molar refractivity (Wildman–Crippen MR) is 144 cm³/mol. The molecule has 0 spiro atoms. The number of para-hydroxylation sites is 2. The number of anilines is 1. The number of benzene rings is 2. The monoisotopic (exact) mass is 498 g/mol. The topological polar surface area (TPSA) is 76.9 Å². The highest BCUT2D eigenvalue weighted by Crippen LogP contribution is 2.28. The van der Waals surface area contributed by atoms with E-state index in [0.717, 1.165) is 22.7 Å². The zero-order valence-electron chi connectivity index (χ0n) is 21.3. The van der Waals surface area contributed by atoms with E-state index in [-0.39, 0.29) is 11.5 Å². The summed E-state index contributed by atoms with van der Waals surface area (Å²) >= 11 is 0. The van der Waals surface area contributed by atoms with Crippen molar-refractivity contribution in [3.63, 3.8) is 0 Å².